The Kier molecular flexibility index (Phi) is 3.87. The topological polar surface area (TPSA) is 90.0 Å². The van der Waals surface area contributed by atoms with Crippen molar-refractivity contribution >= 4 is 16.0 Å². The minimum atomic E-state index is -3.61. The zero-order chi connectivity index (χ0) is 13.9. The number of nitrogens with zero attached hydrogens (tertiary/aromatic N) is 2. The summed E-state index contributed by atoms with van der Waals surface area (Å²) >= 11 is 0. The number of aryl methyl sites for hydroxylation is 1. The van der Waals surface area contributed by atoms with Crippen LogP contribution in [0.15, 0.2) is 41.6 Å². The summed E-state index contributed by atoms with van der Waals surface area (Å²) in [5.74, 6) is 0.807. The number of hydrogen-bond acceptors (Lipinski definition) is 4. The summed E-state index contributed by atoms with van der Waals surface area (Å²) in [6.45, 7) is 0.722. The third kappa shape index (κ3) is 3.55. The molecule has 1 heterocycles. The van der Waals surface area contributed by atoms with E-state index >= 15 is 0 Å². The summed E-state index contributed by atoms with van der Waals surface area (Å²) < 4.78 is 24.1. The van der Waals surface area contributed by atoms with Crippen LogP contribution in [0.3, 0.4) is 0 Å². The van der Waals surface area contributed by atoms with Gasteiger partial charge in [-0.05, 0) is 24.1 Å². The van der Waals surface area contributed by atoms with Gasteiger partial charge in [0.1, 0.15) is 0 Å². The molecule has 0 aliphatic heterocycles. The molecule has 0 radical (unpaired) electrons. The number of aromatic nitrogens is 2. The third-order valence-corrected chi connectivity index (χ3v) is 3.70. The quantitative estimate of drug-likeness (QED) is 0.844. The Labute approximate surface area is 112 Å². The normalized spacial score (nSPS) is 11.5. The fraction of sp³-hybridized carbons (Fsp3) is 0.250. The van der Waals surface area contributed by atoms with Crippen molar-refractivity contribution in [1.82, 2.24) is 9.55 Å². The van der Waals surface area contributed by atoms with Crippen LogP contribution in [0.25, 0.3) is 0 Å². The number of anilines is 1. The highest BCUT2D eigenvalue weighted by molar-refractivity contribution is 7.89. The van der Waals surface area contributed by atoms with Crippen molar-refractivity contribution in [2.45, 2.75) is 11.3 Å². The van der Waals surface area contributed by atoms with E-state index in [9.17, 15) is 8.42 Å². The molecular formula is C12H16N4O2S. The second kappa shape index (κ2) is 5.41. The van der Waals surface area contributed by atoms with Crippen LogP contribution in [0.4, 0.5) is 5.95 Å². The highest BCUT2D eigenvalue weighted by atomic mass is 32.2. The summed E-state index contributed by atoms with van der Waals surface area (Å²) in [6, 6.07) is 6.57. The molecule has 102 valence electrons. The molecule has 0 unspecified atom stereocenters. The molecule has 0 fully saturated rings. The van der Waals surface area contributed by atoms with E-state index in [1.54, 1.807) is 18.3 Å². The average molecular weight is 280 g/mol. The van der Waals surface area contributed by atoms with Crippen LogP contribution < -0.4 is 10.5 Å². The highest BCUT2D eigenvalue weighted by Crippen LogP contribution is 2.09. The van der Waals surface area contributed by atoms with E-state index in [2.05, 4.69) is 10.3 Å². The predicted octanol–water partition coefficient (Wildman–Crippen LogP) is 0.722. The molecule has 0 aliphatic rings. The van der Waals surface area contributed by atoms with E-state index in [4.69, 9.17) is 5.14 Å². The number of rotatable bonds is 5. The molecule has 1 aromatic carbocycles. The summed E-state index contributed by atoms with van der Waals surface area (Å²) in [4.78, 5) is 4.28. The fourth-order valence-electron chi connectivity index (χ4n) is 1.70. The molecule has 0 saturated heterocycles. The number of nitrogens with two attached hydrogens (primary N) is 1. The fourth-order valence-corrected chi connectivity index (χ4v) is 2.22. The van der Waals surface area contributed by atoms with Crippen molar-refractivity contribution in [2.24, 2.45) is 12.2 Å². The second-order valence-corrected chi connectivity index (χ2v) is 5.79. The summed E-state index contributed by atoms with van der Waals surface area (Å²) in [5, 5.41) is 8.23. The summed E-state index contributed by atoms with van der Waals surface area (Å²) in [5.41, 5.74) is 1.04. The first kappa shape index (κ1) is 13.6. The van der Waals surface area contributed by atoms with Gasteiger partial charge in [-0.15, -0.1) is 0 Å². The molecule has 0 atom stereocenters. The number of hydrogen-bond donors (Lipinski definition) is 2. The van der Waals surface area contributed by atoms with Crippen molar-refractivity contribution in [3.05, 3.63) is 42.2 Å². The standard InChI is InChI=1S/C12H16N4O2S/c1-16-9-8-15-12(16)14-7-6-10-2-4-11(5-3-10)19(13,17)18/h2-5,8-9H,6-7H2,1H3,(H,14,15)(H2,13,17,18). The number of imidazole rings is 1. The van der Waals surface area contributed by atoms with E-state index in [1.165, 1.54) is 12.1 Å². The van der Waals surface area contributed by atoms with Gasteiger partial charge in [0.05, 0.1) is 4.90 Å². The van der Waals surface area contributed by atoms with E-state index in [0.717, 1.165) is 24.5 Å². The predicted molar refractivity (Wildman–Crippen MR) is 73.2 cm³/mol. The van der Waals surface area contributed by atoms with Crippen LogP contribution in [0.1, 0.15) is 5.56 Å². The Bertz CT molecular complexity index is 647. The number of nitrogens with one attached hydrogen (secondary N) is 1. The molecule has 0 saturated carbocycles. The van der Waals surface area contributed by atoms with Crippen LogP contribution in [0.2, 0.25) is 0 Å². The molecule has 6 nitrogen and oxygen atoms in total. The van der Waals surface area contributed by atoms with Gasteiger partial charge < -0.3 is 9.88 Å². The lowest BCUT2D eigenvalue weighted by atomic mass is 10.1. The SMILES string of the molecule is Cn1ccnc1NCCc1ccc(S(N)(=O)=O)cc1. The van der Waals surface area contributed by atoms with Gasteiger partial charge in [0.2, 0.25) is 16.0 Å². The average Bonchev–Trinajstić information content (AvgIpc) is 2.75. The Balaban J connectivity index is 1.92. The van der Waals surface area contributed by atoms with Gasteiger partial charge >= 0.3 is 0 Å². The third-order valence-electron chi connectivity index (χ3n) is 2.77. The Morgan fingerprint density at radius 1 is 1.32 bits per heavy atom. The first-order valence-corrected chi connectivity index (χ1v) is 7.34. The van der Waals surface area contributed by atoms with Crippen LogP contribution in [0.5, 0.6) is 0 Å². The van der Waals surface area contributed by atoms with E-state index in [-0.39, 0.29) is 4.90 Å². The van der Waals surface area contributed by atoms with Gasteiger partial charge in [-0.2, -0.15) is 0 Å². The first-order chi connectivity index (χ1) is 8.97. The Morgan fingerprint density at radius 3 is 2.53 bits per heavy atom. The van der Waals surface area contributed by atoms with Crippen molar-refractivity contribution in [3.63, 3.8) is 0 Å². The minimum absolute atomic E-state index is 0.133. The zero-order valence-corrected chi connectivity index (χ0v) is 11.4. The number of sulfonamides is 1. The maximum absolute atomic E-state index is 11.1. The zero-order valence-electron chi connectivity index (χ0n) is 10.6. The second-order valence-electron chi connectivity index (χ2n) is 4.23. The molecule has 0 bridgehead atoms. The monoisotopic (exact) mass is 280 g/mol. The van der Waals surface area contributed by atoms with Crippen LogP contribution in [-0.2, 0) is 23.5 Å². The van der Waals surface area contributed by atoms with Gasteiger partial charge in [-0.3, -0.25) is 0 Å². The van der Waals surface area contributed by atoms with Crippen LogP contribution in [-0.4, -0.2) is 24.5 Å². The van der Waals surface area contributed by atoms with Gasteiger partial charge in [0.25, 0.3) is 0 Å². The van der Waals surface area contributed by atoms with Gasteiger partial charge in [0, 0.05) is 26.0 Å². The van der Waals surface area contributed by atoms with E-state index in [1.807, 2.05) is 17.8 Å². The van der Waals surface area contributed by atoms with Crippen LogP contribution >= 0.6 is 0 Å². The van der Waals surface area contributed by atoms with Gasteiger partial charge in [-0.25, -0.2) is 18.5 Å². The van der Waals surface area contributed by atoms with Gasteiger partial charge in [0.15, 0.2) is 0 Å². The maximum atomic E-state index is 11.1. The molecule has 7 heteroatoms. The molecule has 2 aromatic rings. The molecule has 0 spiro atoms. The number of benzene rings is 1. The largest absolute Gasteiger partial charge is 0.355 e. The number of primary sulfonamides is 1. The molecule has 3 N–H and O–H groups in total. The molecule has 2 rings (SSSR count). The lowest BCUT2D eigenvalue weighted by Gasteiger charge is -2.06. The molecule has 0 amide bonds. The van der Waals surface area contributed by atoms with Crippen molar-refractivity contribution < 1.29 is 8.42 Å². The smallest absolute Gasteiger partial charge is 0.238 e. The molecule has 0 aliphatic carbocycles. The minimum Gasteiger partial charge on any atom is -0.355 e. The van der Waals surface area contributed by atoms with Gasteiger partial charge in [-0.1, -0.05) is 12.1 Å². The lowest BCUT2D eigenvalue weighted by molar-refractivity contribution is 0.598. The first-order valence-electron chi connectivity index (χ1n) is 5.80. The molecule has 19 heavy (non-hydrogen) atoms. The summed E-state index contributed by atoms with van der Waals surface area (Å²) in [6.07, 6.45) is 4.37. The molecule has 1 aromatic heterocycles. The van der Waals surface area contributed by atoms with Crippen molar-refractivity contribution in [3.8, 4) is 0 Å². The summed E-state index contributed by atoms with van der Waals surface area (Å²) in [7, 11) is -1.70. The highest BCUT2D eigenvalue weighted by Gasteiger charge is 2.06. The van der Waals surface area contributed by atoms with Crippen molar-refractivity contribution in [2.75, 3.05) is 11.9 Å². The van der Waals surface area contributed by atoms with Crippen LogP contribution in [0, 0.1) is 0 Å². The van der Waals surface area contributed by atoms with E-state index < -0.39 is 10.0 Å². The Morgan fingerprint density at radius 2 is 2.00 bits per heavy atom. The lowest BCUT2D eigenvalue weighted by Crippen LogP contribution is -2.12. The van der Waals surface area contributed by atoms with Crippen molar-refractivity contribution in [1.29, 1.82) is 0 Å². The maximum Gasteiger partial charge on any atom is 0.238 e. The Hall–Kier alpha value is -1.86. The van der Waals surface area contributed by atoms with E-state index in [0.29, 0.717) is 0 Å². The molecular weight excluding hydrogens is 264 g/mol.